The summed E-state index contributed by atoms with van der Waals surface area (Å²) in [6.45, 7) is 6.54. The number of hydrogen-bond donors (Lipinski definition) is 1. The molecule has 2 heterocycles. The minimum Gasteiger partial charge on any atom is -0.321 e. The number of aromatic amines is 1. The Labute approximate surface area is 161 Å². The summed E-state index contributed by atoms with van der Waals surface area (Å²) in [5, 5.41) is 1.55. The van der Waals surface area contributed by atoms with Crippen molar-refractivity contribution in [2.45, 2.75) is 20.8 Å². The van der Waals surface area contributed by atoms with E-state index in [1.54, 1.807) is 11.0 Å². The molecule has 136 valence electrons. The number of fused-ring (bicyclic) bond motifs is 3. The largest absolute Gasteiger partial charge is 0.321 e. The molecule has 4 aromatic rings. The molecule has 1 amide bonds. The van der Waals surface area contributed by atoms with Crippen molar-refractivity contribution in [2.75, 3.05) is 11.4 Å². The molecule has 0 unspecified atom stereocenters. The van der Waals surface area contributed by atoms with Gasteiger partial charge < -0.3 is 9.88 Å². The molecule has 2 aromatic carbocycles. The van der Waals surface area contributed by atoms with Crippen LogP contribution in [-0.4, -0.2) is 17.4 Å². The number of benzene rings is 2. The van der Waals surface area contributed by atoms with Crippen LogP contribution in [0, 0.1) is 13.8 Å². The van der Waals surface area contributed by atoms with E-state index in [1.165, 1.54) is 11.3 Å². The molecule has 0 saturated heterocycles. The molecule has 0 bridgehead atoms. The maximum absolute atomic E-state index is 13.2. The lowest BCUT2D eigenvalue weighted by Gasteiger charge is -2.22. The second-order valence-corrected chi connectivity index (χ2v) is 7.74. The number of rotatable bonds is 3. The van der Waals surface area contributed by atoms with Gasteiger partial charge in [0.2, 0.25) is 0 Å². The van der Waals surface area contributed by atoms with E-state index in [0.29, 0.717) is 16.8 Å². The molecule has 4 rings (SSSR count). The fraction of sp³-hybridized carbons (Fsp3) is 0.182. The molecule has 1 N–H and O–H groups in total. The first kappa shape index (κ1) is 17.5. The van der Waals surface area contributed by atoms with Gasteiger partial charge in [0.25, 0.3) is 11.5 Å². The van der Waals surface area contributed by atoms with Gasteiger partial charge in [0.15, 0.2) is 0 Å². The SMILES string of the molecule is CCN(C(=O)c1cc2c(=O)[nH]c3ccc(C)cc3c2s1)c1ccccc1C. The first-order valence-electron chi connectivity index (χ1n) is 8.93. The van der Waals surface area contributed by atoms with Gasteiger partial charge in [0.1, 0.15) is 0 Å². The molecule has 5 heteroatoms. The maximum atomic E-state index is 13.2. The van der Waals surface area contributed by atoms with Gasteiger partial charge in [-0.2, -0.15) is 0 Å². The van der Waals surface area contributed by atoms with Gasteiger partial charge >= 0.3 is 0 Å². The number of amides is 1. The first-order chi connectivity index (χ1) is 13.0. The lowest BCUT2D eigenvalue weighted by atomic mass is 10.1. The third kappa shape index (κ3) is 2.94. The number of nitrogens with one attached hydrogen (secondary N) is 1. The quantitative estimate of drug-likeness (QED) is 0.545. The predicted molar refractivity (Wildman–Crippen MR) is 113 cm³/mol. The molecular weight excluding hydrogens is 356 g/mol. The number of para-hydroxylation sites is 1. The summed E-state index contributed by atoms with van der Waals surface area (Å²) in [6.07, 6.45) is 0. The van der Waals surface area contributed by atoms with E-state index in [0.717, 1.165) is 32.4 Å². The number of aromatic nitrogens is 1. The molecule has 0 aliphatic rings. The highest BCUT2D eigenvalue weighted by atomic mass is 32.1. The van der Waals surface area contributed by atoms with Gasteiger partial charge in [0, 0.05) is 27.8 Å². The molecule has 0 radical (unpaired) electrons. The molecule has 0 aliphatic carbocycles. The van der Waals surface area contributed by atoms with Crippen LogP contribution in [-0.2, 0) is 0 Å². The van der Waals surface area contributed by atoms with Crippen molar-refractivity contribution in [2.24, 2.45) is 0 Å². The number of carbonyl (C=O) groups is 1. The van der Waals surface area contributed by atoms with Crippen LogP contribution in [0.15, 0.2) is 53.3 Å². The number of hydrogen-bond acceptors (Lipinski definition) is 3. The predicted octanol–water partition coefficient (Wildman–Crippen LogP) is 5.03. The molecule has 4 nitrogen and oxygen atoms in total. The van der Waals surface area contributed by atoms with Crippen LogP contribution in [0.1, 0.15) is 27.7 Å². The van der Waals surface area contributed by atoms with Gasteiger partial charge in [-0.25, -0.2) is 0 Å². The van der Waals surface area contributed by atoms with E-state index in [1.807, 2.05) is 57.2 Å². The van der Waals surface area contributed by atoms with Gasteiger partial charge in [0.05, 0.1) is 10.3 Å². The van der Waals surface area contributed by atoms with Crippen LogP contribution in [0.5, 0.6) is 0 Å². The fourth-order valence-electron chi connectivity index (χ4n) is 3.43. The molecule has 27 heavy (non-hydrogen) atoms. The monoisotopic (exact) mass is 376 g/mol. The summed E-state index contributed by atoms with van der Waals surface area (Å²) >= 11 is 1.39. The van der Waals surface area contributed by atoms with Crippen molar-refractivity contribution in [3.05, 3.63) is 74.9 Å². The van der Waals surface area contributed by atoms with Crippen molar-refractivity contribution in [1.82, 2.24) is 4.98 Å². The standard InChI is InChI=1S/C22H20N2O2S/c1-4-24(18-8-6-5-7-14(18)3)22(26)19-12-16-20(27-19)15-11-13(2)9-10-17(15)23-21(16)25/h5-12H,4H2,1-3H3,(H,23,25). The fourth-order valence-corrected chi connectivity index (χ4v) is 4.57. The number of aryl methyl sites for hydroxylation is 2. The normalized spacial score (nSPS) is 11.2. The Morgan fingerprint density at radius 3 is 2.59 bits per heavy atom. The average Bonchev–Trinajstić information content (AvgIpc) is 3.11. The number of H-pyrrole nitrogens is 1. The number of nitrogens with zero attached hydrogens (tertiary/aromatic N) is 1. The summed E-state index contributed by atoms with van der Waals surface area (Å²) in [5.74, 6) is -0.0757. The van der Waals surface area contributed by atoms with Crippen LogP contribution in [0.3, 0.4) is 0 Å². The number of thiophene rings is 1. The smallest absolute Gasteiger partial charge is 0.268 e. The maximum Gasteiger partial charge on any atom is 0.268 e. The van der Waals surface area contributed by atoms with E-state index < -0.39 is 0 Å². The Morgan fingerprint density at radius 2 is 1.85 bits per heavy atom. The minimum atomic E-state index is -0.157. The van der Waals surface area contributed by atoms with Crippen LogP contribution in [0.4, 0.5) is 5.69 Å². The average molecular weight is 376 g/mol. The summed E-state index contributed by atoms with van der Waals surface area (Å²) in [4.78, 5) is 31.0. The minimum absolute atomic E-state index is 0.0757. The Kier molecular flexibility index (Phi) is 4.32. The van der Waals surface area contributed by atoms with Gasteiger partial charge in [-0.05, 0) is 50.6 Å². The lowest BCUT2D eigenvalue weighted by Crippen LogP contribution is -2.30. The number of pyridine rings is 1. The third-order valence-corrected chi connectivity index (χ3v) is 5.98. The Hall–Kier alpha value is -2.92. The van der Waals surface area contributed by atoms with Crippen molar-refractivity contribution >= 4 is 43.9 Å². The van der Waals surface area contributed by atoms with Gasteiger partial charge in [-0.3, -0.25) is 9.59 Å². The number of anilines is 1. The molecule has 0 fully saturated rings. The van der Waals surface area contributed by atoms with Crippen molar-refractivity contribution in [3.63, 3.8) is 0 Å². The van der Waals surface area contributed by atoms with E-state index in [4.69, 9.17) is 0 Å². The third-order valence-electron chi connectivity index (χ3n) is 4.82. The Bertz CT molecular complexity index is 1240. The van der Waals surface area contributed by atoms with E-state index in [9.17, 15) is 9.59 Å². The van der Waals surface area contributed by atoms with Crippen LogP contribution in [0.25, 0.3) is 21.0 Å². The van der Waals surface area contributed by atoms with E-state index in [-0.39, 0.29) is 11.5 Å². The topological polar surface area (TPSA) is 53.2 Å². The van der Waals surface area contributed by atoms with Gasteiger partial charge in [-0.15, -0.1) is 11.3 Å². The van der Waals surface area contributed by atoms with Crippen LogP contribution in [0.2, 0.25) is 0 Å². The summed E-state index contributed by atoms with van der Waals surface area (Å²) in [5.41, 5.74) is 3.71. The zero-order valence-corrected chi connectivity index (χ0v) is 16.3. The molecular formula is C22H20N2O2S. The Morgan fingerprint density at radius 1 is 1.07 bits per heavy atom. The summed E-state index contributed by atoms with van der Waals surface area (Å²) in [6, 6.07) is 15.5. The highest BCUT2D eigenvalue weighted by Crippen LogP contribution is 2.32. The molecule has 2 aromatic heterocycles. The molecule has 0 atom stereocenters. The summed E-state index contributed by atoms with van der Waals surface area (Å²) < 4.78 is 0.863. The van der Waals surface area contributed by atoms with E-state index >= 15 is 0 Å². The zero-order chi connectivity index (χ0) is 19.1. The Balaban J connectivity index is 1.89. The van der Waals surface area contributed by atoms with E-state index in [2.05, 4.69) is 11.1 Å². The van der Waals surface area contributed by atoms with Gasteiger partial charge in [-0.1, -0.05) is 29.8 Å². The second kappa shape index (κ2) is 6.67. The van der Waals surface area contributed by atoms with Crippen molar-refractivity contribution in [3.8, 4) is 0 Å². The van der Waals surface area contributed by atoms with Crippen molar-refractivity contribution in [1.29, 1.82) is 0 Å². The molecule has 0 saturated carbocycles. The molecule has 0 spiro atoms. The second-order valence-electron chi connectivity index (χ2n) is 6.69. The number of carbonyl (C=O) groups excluding carboxylic acids is 1. The van der Waals surface area contributed by atoms with Crippen molar-refractivity contribution < 1.29 is 4.79 Å². The highest BCUT2D eigenvalue weighted by Gasteiger charge is 2.21. The molecule has 0 aliphatic heterocycles. The van der Waals surface area contributed by atoms with Crippen LogP contribution < -0.4 is 10.5 Å². The first-order valence-corrected chi connectivity index (χ1v) is 9.75. The zero-order valence-electron chi connectivity index (χ0n) is 15.5. The summed E-state index contributed by atoms with van der Waals surface area (Å²) in [7, 11) is 0. The lowest BCUT2D eigenvalue weighted by molar-refractivity contribution is 0.0992. The highest BCUT2D eigenvalue weighted by molar-refractivity contribution is 7.21. The van der Waals surface area contributed by atoms with Crippen LogP contribution >= 0.6 is 11.3 Å².